The molecule has 94 valence electrons. The summed E-state index contributed by atoms with van der Waals surface area (Å²) in [5.41, 5.74) is 0.532. The number of ketones is 1. The molecule has 1 saturated heterocycles. The van der Waals surface area contributed by atoms with Gasteiger partial charge in [-0.25, -0.2) is 0 Å². The number of hydrogen-bond acceptors (Lipinski definition) is 3. The maximum Gasteiger partial charge on any atom is 0.241 e. The van der Waals surface area contributed by atoms with Gasteiger partial charge in [0, 0.05) is 25.1 Å². The molecule has 1 aromatic carbocycles. The summed E-state index contributed by atoms with van der Waals surface area (Å²) < 4.78 is 5.16. The van der Waals surface area contributed by atoms with Crippen molar-refractivity contribution in [1.29, 1.82) is 0 Å². The third kappa shape index (κ3) is 3.04. The van der Waals surface area contributed by atoms with Gasteiger partial charge in [0.25, 0.3) is 0 Å². The Labute approximate surface area is 108 Å². The van der Waals surface area contributed by atoms with E-state index in [9.17, 15) is 4.79 Å². The SMILES string of the molecule is COc1ccccc1C(=O)C#CN1CCCCC1. The number of methoxy groups -OCH3 is 1. The van der Waals surface area contributed by atoms with Crippen LogP contribution in [0.1, 0.15) is 29.6 Å². The first kappa shape index (κ1) is 12.5. The summed E-state index contributed by atoms with van der Waals surface area (Å²) in [6.07, 6.45) is 3.59. The first-order valence-corrected chi connectivity index (χ1v) is 6.25. The van der Waals surface area contributed by atoms with Crippen molar-refractivity contribution in [3.05, 3.63) is 29.8 Å². The van der Waals surface area contributed by atoms with Crippen molar-refractivity contribution >= 4 is 5.78 Å². The summed E-state index contributed by atoms with van der Waals surface area (Å²) in [5, 5.41) is 0. The molecule has 0 atom stereocenters. The number of Topliss-reactive ketones (excluding diaryl/α,β-unsaturated/α-hetero) is 1. The highest BCUT2D eigenvalue weighted by Gasteiger charge is 2.10. The topological polar surface area (TPSA) is 29.5 Å². The highest BCUT2D eigenvalue weighted by atomic mass is 16.5. The van der Waals surface area contributed by atoms with E-state index >= 15 is 0 Å². The molecule has 0 aliphatic carbocycles. The van der Waals surface area contributed by atoms with Crippen molar-refractivity contribution in [3.8, 4) is 17.7 Å². The molecule has 3 heteroatoms. The minimum absolute atomic E-state index is 0.182. The first-order chi connectivity index (χ1) is 8.81. The lowest BCUT2D eigenvalue weighted by atomic mass is 10.1. The van der Waals surface area contributed by atoms with Crippen LogP contribution in [0.4, 0.5) is 0 Å². The standard InChI is InChI=1S/C15H17NO2/c1-18-15-8-4-3-7-13(15)14(17)9-12-16-10-5-2-6-11-16/h3-4,7-8H,2,5-6,10-11H2,1H3. The molecule has 0 bridgehead atoms. The van der Waals surface area contributed by atoms with Gasteiger partial charge < -0.3 is 9.64 Å². The zero-order valence-electron chi connectivity index (χ0n) is 10.6. The van der Waals surface area contributed by atoms with E-state index in [1.807, 2.05) is 17.0 Å². The quantitative estimate of drug-likeness (QED) is 0.590. The number of piperidine rings is 1. The summed E-state index contributed by atoms with van der Waals surface area (Å²) in [6, 6.07) is 10.1. The minimum Gasteiger partial charge on any atom is -0.496 e. The number of benzene rings is 1. The fraction of sp³-hybridized carbons (Fsp3) is 0.400. The van der Waals surface area contributed by atoms with Crippen LogP contribution < -0.4 is 4.74 Å². The van der Waals surface area contributed by atoms with E-state index in [2.05, 4.69) is 12.0 Å². The van der Waals surface area contributed by atoms with Crippen molar-refractivity contribution in [3.63, 3.8) is 0 Å². The van der Waals surface area contributed by atoms with Crippen LogP contribution in [-0.4, -0.2) is 30.9 Å². The molecule has 0 amide bonds. The molecular formula is C15H17NO2. The molecule has 1 aliphatic heterocycles. The molecule has 18 heavy (non-hydrogen) atoms. The summed E-state index contributed by atoms with van der Waals surface area (Å²) in [6.45, 7) is 1.93. The molecule has 0 unspecified atom stereocenters. The van der Waals surface area contributed by atoms with Crippen LogP contribution in [0.15, 0.2) is 24.3 Å². The molecule has 1 aliphatic rings. The monoisotopic (exact) mass is 243 g/mol. The Morgan fingerprint density at radius 3 is 2.67 bits per heavy atom. The molecule has 0 N–H and O–H groups in total. The van der Waals surface area contributed by atoms with Gasteiger partial charge in [-0.1, -0.05) is 12.1 Å². The second-order valence-electron chi connectivity index (χ2n) is 4.31. The van der Waals surface area contributed by atoms with Crippen molar-refractivity contribution < 1.29 is 9.53 Å². The Balaban J connectivity index is 2.09. The van der Waals surface area contributed by atoms with Gasteiger partial charge in [0.1, 0.15) is 5.75 Å². The first-order valence-electron chi connectivity index (χ1n) is 6.25. The van der Waals surface area contributed by atoms with Crippen molar-refractivity contribution in [1.82, 2.24) is 4.90 Å². The maximum atomic E-state index is 12.0. The van der Waals surface area contributed by atoms with Crippen LogP contribution >= 0.6 is 0 Å². The number of nitrogens with zero attached hydrogens (tertiary/aromatic N) is 1. The molecule has 0 radical (unpaired) electrons. The van der Waals surface area contributed by atoms with E-state index in [0.29, 0.717) is 11.3 Å². The van der Waals surface area contributed by atoms with Gasteiger partial charge in [-0.2, -0.15) is 0 Å². The molecule has 1 aromatic rings. The van der Waals surface area contributed by atoms with Gasteiger partial charge in [-0.3, -0.25) is 4.79 Å². The van der Waals surface area contributed by atoms with Crippen LogP contribution in [0.2, 0.25) is 0 Å². The molecule has 3 nitrogen and oxygen atoms in total. The fourth-order valence-electron chi connectivity index (χ4n) is 2.04. The molecule has 0 aromatic heterocycles. The molecule has 1 heterocycles. The van der Waals surface area contributed by atoms with E-state index in [1.54, 1.807) is 19.2 Å². The number of likely N-dealkylation sites (tertiary alicyclic amines) is 1. The lowest BCUT2D eigenvalue weighted by Gasteiger charge is -2.21. The number of carbonyl (C=O) groups excluding carboxylic acids is 1. The highest BCUT2D eigenvalue weighted by molar-refractivity contribution is 6.10. The van der Waals surface area contributed by atoms with E-state index in [1.165, 1.54) is 6.42 Å². The molecular weight excluding hydrogens is 226 g/mol. The predicted molar refractivity (Wildman–Crippen MR) is 70.5 cm³/mol. The largest absolute Gasteiger partial charge is 0.496 e. The van der Waals surface area contributed by atoms with E-state index in [-0.39, 0.29) is 5.78 Å². The normalized spacial score (nSPS) is 14.6. The van der Waals surface area contributed by atoms with Crippen molar-refractivity contribution in [2.24, 2.45) is 0 Å². The van der Waals surface area contributed by atoms with Crippen LogP contribution in [0.25, 0.3) is 0 Å². The van der Waals surface area contributed by atoms with Crippen molar-refractivity contribution in [2.75, 3.05) is 20.2 Å². The zero-order valence-corrected chi connectivity index (χ0v) is 10.6. The minimum atomic E-state index is -0.182. The van der Waals surface area contributed by atoms with E-state index in [4.69, 9.17) is 4.74 Å². The highest BCUT2D eigenvalue weighted by Crippen LogP contribution is 2.17. The Bertz CT molecular complexity index is 479. The summed E-state index contributed by atoms with van der Waals surface area (Å²) in [4.78, 5) is 14.0. The molecule has 0 spiro atoms. The van der Waals surface area contributed by atoms with Gasteiger partial charge in [0.2, 0.25) is 5.78 Å². The molecule has 2 rings (SSSR count). The number of hydrogen-bond donors (Lipinski definition) is 0. The average molecular weight is 243 g/mol. The Kier molecular flexibility index (Phi) is 4.25. The van der Waals surface area contributed by atoms with Crippen molar-refractivity contribution in [2.45, 2.75) is 19.3 Å². The molecule has 0 saturated carbocycles. The van der Waals surface area contributed by atoms with Gasteiger partial charge in [-0.15, -0.1) is 0 Å². The second-order valence-corrected chi connectivity index (χ2v) is 4.31. The van der Waals surface area contributed by atoms with Crippen LogP contribution in [0, 0.1) is 12.0 Å². The number of ether oxygens (including phenoxy) is 1. The number of para-hydroxylation sites is 1. The summed E-state index contributed by atoms with van der Waals surface area (Å²) >= 11 is 0. The van der Waals surface area contributed by atoms with Gasteiger partial charge >= 0.3 is 0 Å². The average Bonchev–Trinajstić information content (AvgIpc) is 2.45. The smallest absolute Gasteiger partial charge is 0.241 e. The van der Waals surface area contributed by atoms with Crippen LogP contribution in [0.5, 0.6) is 5.75 Å². The Morgan fingerprint density at radius 1 is 1.22 bits per heavy atom. The van der Waals surface area contributed by atoms with E-state index in [0.717, 1.165) is 25.9 Å². The summed E-state index contributed by atoms with van der Waals surface area (Å²) in [7, 11) is 1.56. The predicted octanol–water partition coefficient (Wildman–Crippen LogP) is 2.32. The van der Waals surface area contributed by atoms with Gasteiger partial charge in [0.15, 0.2) is 0 Å². The number of carbonyl (C=O) groups is 1. The van der Waals surface area contributed by atoms with Crippen LogP contribution in [-0.2, 0) is 0 Å². The van der Waals surface area contributed by atoms with E-state index < -0.39 is 0 Å². The Hall–Kier alpha value is -1.95. The Morgan fingerprint density at radius 2 is 1.94 bits per heavy atom. The lowest BCUT2D eigenvalue weighted by Crippen LogP contribution is -2.25. The molecule has 1 fully saturated rings. The second kappa shape index (κ2) is 6.11. The fourth-order valence-corrected chi connectivity index (χ4v) is 2.04. The third-order valence-electron chi connectivity index (χ3n) is 3.04. The summed E-state index contributed by atoms with van der Waals surface area (Å²) in [5.74, 6) is 3.10. The zero-order chi connectivity index (χ0) is 12.8. The third-order valence-corrected chi connectivity index (χ3v) is 3.04. The van der Waals surface area contributed by atoms with Gasteiger partial charge in [-0.05, 0) is 31.4 Å². The van der Waals surface area contributed by atoms with Crippen LogP contribution in [0.3, 0.4) is 0 Å². The maximum absolute atomic E-state index is 12.0. The number of rotatable bonds is 2. The lowest BCUT2D eigenvalue weighted by molar-refractivity contribution is 0.105. The van der Waals surface area contributed by atoms with Gasteiger partial charge in [0.05, 0.1) is 12.7 Å².